The second-order valence-corrected chi connectivity index (χ2v) is 22.9. The van der Waals surface area contributed by atoms with Gasteiger partial charge in [-0.15, -0.1) is 0 Å². The average molecular weight is 1220 g/mol. The second-order valence-electron chi connectivity index (χ2n) is 18.7. The number of aliphatic hydroxyl groups is 5. The van der Waals surface area contributed by atoms with Gasteiger partial charge in [0.05, 0.1) is 39.1 Å². The molecule has 0 aliphatic carbocycles. The van der Waals surface area contributed by atoms with E-state index in [-0.39, 0.29) is 39.5 Å². The molecule has 10 heterocycles. The van der Waals surface area contributed by atoms with Gasteiger partial charge in [0.2, 0.25) is 5.95 Å². The smallest absolute Gasteiger partial charge is 0.394 e. The first kappa shape index (κ1) is 59.0. The van der Waals surface area contributed by atoms with Gasteiger partial charge in [-0.05, 0) is 13.0 Å². The molecule has 4 fully saturated rings. The number of aryl methyl sites for hydroxylation is 1. The topological polar surface area (TPSA) is 580 Å². The van der Waals surface area contributed by atoms with Gasteiger partial charge in [0, 0.05) is 24.4 Å². The molecule has 3 unspecified atom stereocenters. The highest BCUT2D eigenvalue weighted by Crippen LogP contribution is 2.54. The molecule has 446 valence electrons. The highest BCUT2D eigenvalue weighted by atomic mass is 31.2. The Kier molecular flexibility index (Phi) is 16.4. The molecule has 40 nitrogen and oxygen atoms in total. The van der Waals surface area contributed by atoms with Gasteiger partial charge in [-0.1, -0.05) is 0 Å². The van der Waals surface area contributed by atoms with Crippen LogP contribution in [0.2, 0.25) is 0 Å². The Balaban J connectivity index is 0.856. The third kappa shape index (κ3) is 11.8. The number of nitrogens with zero attached hydrogens (tertiary/aromatic N) is 10. The van der Waals surface area contributed by atoms with Crippen molar-refractivity contribution in [2.75, 3.05) is 43.6 Å². The normalized spacial score (nSPS) is 31.6. The number of hydrogen-bond donors (Lipinski definition) is 13. The van der Waals surface area contributed by atoms with Gasteiger partial charge in [0.1, 0.15) is 91.0 Å². The molecule has 10 rings (SSSR count). The van der Waals surface area contributed by atoms with Crippen LogP contribution in [0.1, 0.15) is 36.9 Å². The van der Waals surface area contributed by atoms with Crippen LogP contribution >= 0.6 is 23.5 Å². The lowest BCUT2D eigenvalue weighted by Crippen LogP contribution is -2.37. The number of phosphoric ester groups is 3. The molecular formula is C39H50N15O25P3. The summed E-state index contributed by atoms with van der Waals surface area (Å²) in [7, 11) is -16.5. The lowest BCUT2D eigenvalue weighted by atomic mass is 10.1. The van der Waals surface area contributed by atoms with E-state index >= 15 is 0 Å². The number of nitrogens with one attached hydrogen (secondary N) is 2. The predicted molar refractivity (Wildman–Crippen MR) is 265 cm³/mol. The number of ether oxygens (including phenoxy) is 4. The molecule has 4 saturated heterocycles. The van der Waals surface area contributed by atoms with Crippen LogP contribution in [-0.2, 0) is 59.8 Å². The van der Waals surface area contributed by atoms with E-state index in [0.29, 0.717) is 0 Å². The molecule has 6 aromatic rings. The lowest BCUT2D eigenvalue weighted by molar-refractivity contribution is -0.0646. The summed E-state index contributed by atoms with van der Waals surface area (Å²) in [6.07, 6.45) is -21.4. The van der Waals surface area contributed by atoms with Crippen molar-refractivity contribution in [3.63, 3.8) is 0 Å². The minimum Gasteiger partial charge on any atom is -0.394 e. The van der Waals surface area contributed by atoms with Gasteiger partial charge in [-0.3, -0.25) is 65.0 Å². The van der Waals surface area contributed by atoms with Gasteiger partial charge in [-0.25, -0.2) is 43.2 Å². The summed E-state index contributed by atoms with van der Waals surface area (Å²) in [6.45, 7) is -2.81. The van der Waals surface area contributed by atoms with Crippen molar-refractivity contribution in [1.29, 1.82) is 0 Å². The molecule has 16 N–H and O–H groups in total. The average Bonchev–Trinajstić information content (AvgIpc) is 4.47. The first-order chi connectivity index (χ1) is 38.7. The predicted octanol–water partition coefficient (Wildman–Crippen LogP) is -5.26. The van der Waals surface area contributed by atoms with Crippen LogP contribution in [0.4, 0.5) is 17.6 Å². The van der Waals surface area contributed by atoms with Crippen molar-refractivity contribution in [2.45, 2.75) is 105 Å². The van der Waals surface area contributed by atoms with E-state index in [2.05, 4.69) is 39.9 Å². The van der Waals surface area contributed by atoms with Crippen LogP contribution < -0.4 is 39.7 Å². The molecule has 0 spiro atoms. The minimum atomic E-state index is -5.57. The largest absolute Gasteiger partial charge is 0.472 e. The maximum atomic E-state index is 14.0. The summed E-state index contributed by atoms with van der Waals surface area (Å²) in [6, 6.07) is 1.19. The number of nitrogen functional groups attached to an aromatic ring is 3. The van der Waals surface area contributed by atoms with Crippen LogP contribution in [-0.4, -0.2) is 192 Å². The van der Waals surface area contributed by atoms with Gasteiger partial charge in [-0.2, -0.15) is 9.97 Å². The van der Waals surface area contributed by atoms with Crippen LogP contribution in [0.3, 0.4) is 0 Å². The maximum absolute atomic E-state index is 14.0. The summed E-state index contributed by atoms with van der Waals surface area (Å²) in [5.41, 5.74) is 13.1. The van der Waals surface area contributed by atoms with E-state index in [0.717, 1.165) is 38.7 Å². The van der Waals surface area contributed by atoms with Crippen molar-refractivity contribution >= 4 is 63.4 Å². The monoisotopic (exact) mass is 1220 g/mol. The van der Waals surface area contributed by atoms with Crippen LogP contribution in [0.25, 0.3) is 22.3 Å². The van der Waals surface area contributed by atoms with Crippen molar-refractivity contribution in [3.8, 4) is 0 Å². The quantitative estimate of drug-likeness (QED) is 0.0318. The summed E-state index contributed by atoms with van der Waals surface area (Å²) in [5.74, 6) is -0.613. The number of rotatable bonds is 20. The Bertz CT molecular complexity index is 3770. The highest BCUT2D eigenvalue weighted by Gasteiger charge is 2.53. The number of imidazole rings is 2. The Labute approximate surface area is 454 Å². The number of aromatic amines is 2. The molecule has 0 aromatic carbocycles. The minimum absolute atomic E-state index is 0.00178. The van der Waals surface area contributed by atoms with Gasteiger partial charge in [0.15, 0.2) is 41.3 Å². The standard InChI is InChI=1S/C39H50N15O25P3/c1-13-5-52(39(63)50-32(13)60)20-4-14(16(73-20)7-70-81(66,67)78-27-15(6-55)74-35(25(27)58)53-11-45-21-29(41)43-10-44-30(21)53)77-80(64,65)72-9-18-28(26(59)36(76-18)54-12-46-22-31(54)48-37(42)49-33(22)61)79-82(68,69)71-8-17-23(56)24(57)34(75-17)51-3-2-19(40)47-38(51)62/h2-3,5,10-12,14-18,20,23-28,34-36,55-59H,4,6-9H2,1H3,(H,64,65)(H,66,67)(H,68,69)(H2,40,47,62)(H2,41,43,44)(H,50,60,63)(H3,42,48,49,61)/t14-,15+,16+,17+,18+,20+,23+,24+,25+,26+,27+,28+,34+,35+,36+/m0/s1. The zero-order valence-electron chi connectivity index (χ0n) is 41.7. The molecule has 4 aliphatic rings. The van der Waals surface area contributed by atoms with Crippen LogP contribution in [0.5, 0.6) is 0 Å². The Morgan fingerprint density at radius 2 is 1.22 bits per heavy atom. The molecule has 82 heavy (non-hydrogen) atoms. The number of anilines is 3. The van der Waals surface area contributed by atoms with E-state index in [1.165, 1.54) is 23.9 Å². The van der Waals surface area contributed by atoms with Crippen LogP contribution in [0.15, 0.2) is 56.6 Å². The van der Waals surface area contributed by atoms with E-state index in [1.807, 2.05) is 0 Å². The molecule has 4 aliphatic heterocycles. The Morgan fingerprint density at radius 3 is 1.88 bits per heavy atom. The van der Waals surface area contributed by atoms with Crippen molar-refractivity contribution < 1.29 is 100.0 Å². The highest BCUT2D eigenvalue weighted by molar-refractivity contribution is 7.48. The zero-order valence-corrected chi connectivity index (χ0v) is 44.4. The van der Waals surface area contributed by atoms with Crippen molar-refractivity contribution in [2.24, 2.45) is 0 Å². The number of H-pyrrole nitrogens is 2. The molecule has 43 heteroatoms. The van der Waals surface area contributed by atoms with Crippen molar-refractivity contribution in [1.82, 2.24) is 58.1 Å². The number of aromatic nitrogens is 12. The number of fused-ring (bicyclic) bond motifs is 2. The number of nitrogens with two attached hydrogens (primary N) is 3. The summed E-state index contributed by atoms with van der Waals surface area (Å²) >= 11 is 0. The summed E-state index contributed by atoms with van der Waals surface area (Å²) < 4.78 is 100.0. The van der Waals surface area contributed by atoms with E-state index < -0.39 is 177 Å². The van der Waals surface area contributed by atoms with E-state index in [1.54, 1.807) is 0 Å². The molecule has 6 aromatic heterocycles. The molecular weight excluding hydrogens is 1170 g/mol. The molecule has 0 radical (unpaired) electrons. The van der Waals surface area contributed by atoms with E-state index in [9.17, 15) is 73.1 Å². The summed E-state index contributed by atoms with van der Waals surface area (Å²) in [5, 5.41) is 54.5. The third-order valence-electron chi connectivity index (χ3n) is 13.3. The van der Waals surface area contributed by atoms with Gasteiger partial charge >= 0.3 is 34.8 Å². The molecule has 0 saturated carbocycles. The van der Waals surface area contributed by atoms with E-state index in [4.69, 9.17) is 63.3 Å². The maximum Gasteiger partial charge on any atom is 0.472 e. The van der Waals surface area contributed by atoms with Gasteiger partial charge < -0.3 is 76.4 Å². The first-order valence-corrected chi connectivity index (χ1v) is 28.4. The Hall–Kier alpha value is -6.17. The number of hydrogen-bond acceptors (Lipinski definition) is 31. The SMILES string of the molecule is Cc1cn([C@H]2C[C@H](OP(=O)(O)OC[C@H]3O[C@@H](n4cnc5c(=O)[nH]c(N)nc54)[C@H](O)[C@@H]3OP(=O)(O)OC[C@H]3O[C@@H](n4ccc(N)nc4=O)[C@H](O)[C@@H]3O)[C@@H](COP(=O)(O)O[C@H]3[C@@H](O)[C@H](n4cnc5c(N)ncnc54)O[C@@H]3CO)O2)c(=O)[nH]c1=O. The molecule has 0 amide bonds. The summed E-state index contributed by atoms with van der Waals surface area (Å²) in [4.78, 5) is 111. The molecule has 18 atom stereocenters. The molecule has 0 bridgehead atoms. The zero-order chi connectivity index (χ0) is 58.9. The fraction of sp³-hybridized carbons (Fsp3) is 0.538. The lowest BCUT2D eigenvalue weighted by Gasteiger charge is -2.26. The fourth-order valence-corrected chi connectivity index (χ4v) is 12.2. The first-order valence-electron chi connectivity index (χ1n) is 24.0. The van der Waals surface area contributed by atoms with Gasteiger partial charge in [0.25, 0.3) is 11.1 Å². The number of aliphatic hydroxyl groups excluding tert-OH is 5. The van der Waals surface area contributed by atoms with Crippen LogP contribution in [0, 0.1) is 6.92 Å². The third-order valence-corrected chi connectivity index (χ3v) is 16.3. The van der Waals surface area contributed by atoms with Crippen molar-refractivity contribution in [3.05, 3.63) is 84.7 Å². The number of phosphoric acid groups is 3. The Morgan fingerprint density at radius 1 is 0.646 bits per heavy atom. The fourth-order valence-electron chi connectivity index (χ4n) is 9.35. The second kappa shape index (κ2) is 22.8.